The average Bonchev–Trinajstić information content (AvgIpc) is 2.93. The summed E-state index contributed by atoms with van der Waals surface area (Å²) in [6.07, 6.45) is 3.69. The maximum atomic E-state index is 13.4. The quantitative estimate of drug-likeness (QED) is 0.288. The number of hydrogen-bond donors (Lipinski definition) is 3. The Morgan fingerprint density at radius 3 is 2.21 bits per heavy atom. The molecule has 7 nitrogen and oxygen atoms in total. The summed E-state index contributed by atoms with van der Waals surface area (Å²) in [6, 6.07) is 22.9. The van der Waals surface area contributed by atoms with Gasteiger partial charge >= 0.3 is 0 Å². The Hall–Kier alpha value is -3.68. The maximum absolute atomic E-state index is 13.4. The zero-order valence-corrected chi connectivity index (χ0v) is 22.9. The van der Waals surface area contributed by atoms with Gasteiger partial charge in [-0.05, 0) is 99.2 Å². The Balaban J connectivity index is 0.00000420. The lowest BCUT2D eigenvalue weighted by Crippen LogP contribution is -2.48. The molecule has 0 heterocycles. The van der Waals surface area contributed by atoms with Crippen molar-refractivity contribution < 1.29 is 19.1 Å². The second-order valence-corrected chi connectivity index (χ2v) is 9.90. The number of anilines is 1. The van der Waals surface area contributed by atoms with E-state index >= 15 is 0 Å². The number of halogens is 1. The van der Waals surface area contributed by atoms with Crippen molar-refractivity contribution in [1.82, 2.24) is 5.32 Å². The van der Waals surface area contributed by atoms with Crippen LogP contribution in [0.15, 0.2) is 78.9 Å². The predicted molar refractivity (Wildman–Crippen MR) is 155 cm³/mol. The summed E-state index contributed by atoms with van der Waals surface area (Å²) in [7, 11) is 0. The van der Waals surface area contributed by atoms with Gasteiger partial charge in [-0.1, -0.05) is 30.3 Å². The van der Waals surface area contributed by atoms with Crippen LogP contribution in [-0.2, 0) is 16.0 Å². The van der Waals surface area contributed by atoms with E-state index in [1.807, 2.05) is 54.6 Å². The average molecular weight is 550 g/mol. The Morgan fingerprint density at radius 1 is 0.897 bits per heavy atom. The number of nitrogens with one attached hydrogen (secondary N) is 2. The van der Waals surface area contributed by atoms with Crippen molar-refractivity contribution >= 4 is 35.7 Å². The van der Waals surface area contributed by atoms with Crippen LogP contribution in [0.25, 0.3) is 0 Å². The van der Waals surface area contributed by atoms with Crippen molar-refractivity contribution in [2.24, 2.45) is 17.6 Å². The molecule has 2 amide bonds. The first-order valence-electron chi connectivity index (χ1n) is 13.2. The standard InChI is InChI=1S/C31H35N3O4.ClH/c1-21(35)24-14-16-26(17-15-24)33-31(37)29(34-30(36)25-12-10-22(20-32)11-13-25)19-23-6-5-9-28(18-23)38-27-7-3-2-4-8-27;/h2-9,14-18,22,25,29H,10-13,19-20,32H2,1H3,(H,33,37)(H,34,36);1H. The summed E-state index contributed by atoms with van der Waals surface area (Å²) >= 11 is 0. The molecule has 0 aliphatic heterocycles. The van der Waals surface area contributed by atoms with Crippen molar-refractivity contribution in [1.29, 1.82) is 0 Å². The van der Waals surface area contributed by atoms with Crippen LogP contribution in [-0.4, -0.2) is 30.2 Å². The molecule has 1 atom stereocenters. The summed E-state index contributed by atoms with van der Waals surface area (Å²) in [5.41, 5.74) is 7.79. The third kappa shape index (κ3) is 8.67. The Labute approximate surface area is 235 Å². The number of para-hydroxylation sites is 1. The minimum absolute atomic E-state index is 0. The minimum Gasteiger partial charge on any atom is -0.457 e. The highest BCUT2D eigenvalue weighted by molar-refractivity contribution is 5.98. The largest absolute Gasteiger partial charge is 0.457 e. The van der Waals surface area contributed by atoms with Gasteiger partial charge in [-0.2, -0.15) is 0 Å². The van der Waals surface area contributed by atoms with Gasteiger partial charge in [0.2, 0.25) is 11.8 Å². The van der Waals surface area contributed by atoms with Gasteiger partial charge in [0.1, 0.15) is 17.5 Å². The molecular weight excluding hydrogens is 514 g/mol. The molecule has 8 heteroatoms. The Morgan fingerprint density at radius 2 is 1.56 bits per heavy atom. The summed E-state index contributed by atoms with van der Waals surface area (Å²) in [5.74, 6) is 1.23. The molecule has 206 valence electrons. The second kappa shape index (κ2) is 14.5. The maximum Gasteiger partial charge on any atom is 0.247 e. The molecule has 1 aliphatic rings. The van der Waals surface area contributed by atoms with Gasteiger partial charge in [-0.25, -0.2) is 0 Å². The third-order valence-electron chi connectivity index (χ3n) is 7.06. The van der Waals surface area contributed by atoms with Crippen molar-refractivity contribution in [3.05, 3.63) is 90.0 Å². The highest BCUT2D eigenvalue weighted by atomic mass is 35.5. The van der Waals surface area contributed by atoms with Crippen LogP contribution < -0.4 is 21.1 Å². The number of amides is 2. The van der Waals surface area contributed by atoms with Crippen LogP contribution in [0.1, 0.15) is 48.5 Å². The molecule has 0 spiro atoms. The van der Waals surface area contributed by atoms with Gasteiger partial charge in [-0.15, -0.1) is 12.4 Å². The molecule has 1 aliphatic carbocycles. The highest BCUT2D eigenvalue weighted by Crippen LogP contribution is 2.28. The van der Waals surface area contributed by atoms with E-state index in [1.54, 1.807) is 24.3 Å². The lowest BCUT2D eigenvalue weighted by atomic mass is 9.81. The minimum atomic E-state index is -0.783. The van der Waals surface area contributed by atoms with Gasteiger partial charge in [0.25, 0.3) is 0 Å². The number of ether oxygens (including phenoxy) is 1. The topological polar surface area (TPSA) is 111 Å². The molecule has 0 bridgehead atoms. The molecule has 0 aromatic heterocycles. The first kappa shape index (κ1) is 29.9. The van der Waals surface area contributed by atoms with Crippen LogP contribution in [0.5, 0.6) is 11.5 Å². The number of hydrogen-bond acceptors (Lipinski definition) is 5. The zero-order valence-electron chi connectivity index (χ0n) is 22.1. The fourth-order valence-corrected chi connectivity index (χ4v) is 4.77. The third-order valence-corrected chi connectivity index (χ3v) is 7.06. The fourth-order valence-electron chi connectivity index (χ4n) is 4.77. The summed E-state index contributed by atoms with van der Waals surface area (Å²) < 4.78 is 5.96. The first-order valence-corrected chi connectivity index (χ1v) is 13.2. The van der Waals surface area contributed by atoms with E-state index in [4.69, 9.17) is 10.5 Å². The number of carbonyl (C=O) groups is 3. The van der Waals surface area contributed by atoms with E-state index in [9.17, 15) is 14.4 Å². The van der Waals surface area contributed by atoms with E-state index in [1.165, 1.54) is 6.92 Å². The molecule has 3 aromatic rings. The number of Topliss-reactive ketones (excluding diaryl/α,β-unsaturated/α-hetero) is 1. The van der Waals surface area contributed by atoms with Crippen LogP contribution in [0.4, 0.5) is 5.69 Å². The van der Waals surface area contributed by atoms with Gasteiger partial charge in [0.05, 0.1) is 0 Å². The molecule has 39 heavy (non-hydrogen) atoms. The van der Waals surface area contributed by atoms with Gasteiger partial charge < -0.3 is 21.1 Å². The molecule has 4 N–H and O–H groups in total. The van der Waals surface area contributed by atoms with Crippen LogP contribution >= 0.6 is 12.4 Å². The van der Waals surface area contributed by atoms with E-state index < -0.39 is 6.04 Å². The highest BCUT2D eigenvalue weighted by Gasteiger charge is 2.29. The van der Waals surface area contributed by atoms with Crippen LogP contribution in [0.2, 0.25) is 0 Å². The predicted octanol–water partition coefficient (Wildman–Crippen LogP) is 5.53. The molecule has 1 fully saturated rings. The van der Waals surface area contributed by atoms with Gasteiger partial charge in [0, 0.05) is 23.6 Å². The monoisotopic (exact) mass is 549 g/mol. The van der Waals surface area contributed by atoms with E-state index in [0.29, 0.717) is 41.6 Å². The summed E-state index contributed by atoms with van der Waals surface area (Å²) in [5, 5.41) is 5.90. The number of carbonyl (C=O) groups excluding carboxylic acids is 3. The van der Waals surface area contributed by atoms with Crippen LogP contribution in [0.3, 0.4) is 0 Å². The van der Waals surface area contributed by atoms with Crippen molar-refractivity contribution in [2.45, 2.75) is 45.1 Å². The lowest BCUT2D eigenvalue weighted by Gasteiger charge is -2.28. The van der Waals surface area contributed by atoms with E-state index in [0.717, 1.165) is 31.2 Å². The molecule has 0 radical (unpaired) electrons. The molecule has 3 aromatic carbocycles. The van der Waals surface area contributed by atoms with Gasteiger partial charge in [0.15, 0.2) is 5.78 Å². The van der Waals surface area contributed by atoms with Crippen molar-refractivity contribution in [3.8, 4) is 11.5 Å². The van der Waals surface area contributed by atoms with Crippen LogP contribution in [0, 0.1) is 11.8 Å². The fraction of sp³-hybridized carbons (Fsp3) is 0.323. The van der Waals surface area contributed by atoms with Crippen molar-refractivity contribution in [2.75, 3.05) is 11.9 Å². The number of nitrogens with two attached hydrogens (primary N) is 1. The first-order chi connectivity index (χ1) is 18.4. The Bertz CT molecular complexity index is 1240. The lowest BCUT2D eigenvalue weighted by molar-refractivity contribution is -0.130. The van der Waals surface area contributed by atoms with E-state index in [-0.39, 0.29) is 35.9 Å². The van der Waals surface area contributed by atoms with Gasteiger partial charge in [-0.3, -0.25) is 14.4 Å². The summed E-state index contributed by atoms with van der Waals surface area (Å²) in [6.45, 7) is 2.14. The second-order valence-electron chi connectivity index (χ2n) is 9.90. The normalized spacial score (nSPS) is 17.3. The van der Waals surface area contributed by atoms with E-state index in [2.05, 4.69) is 10.6 Å². The molecule has 4 rings (SSSR count). The summed E-state index contributed by atoms with van der Waals surface area (Å²) in [4.78, 5) is 38.2. The molecule has 0 saturated heterocycles. The number of ketones is 1. The molecule has 1 saturated carbocycles. The molecular formula is C31H36ClN3O4. The number of benzene rings is 3. The number of rotatable bonds is 10. The Kier molecular flexibility index (Phi) is 11.1. The zero-order chi connectivity index (χ0) is 26.9. The smallest absolute Gasteiger partial charge is 0.247 e. The molecule has 1 unspecified atom stereocenters. The SMILES string of the molecule is CC(=O)c1ccc(NC(=O)C(Cc2cccc(Oc3ccccc3)c2)NC(=O)C2CCC(CN)CC2)cc1.Cl. The van der Waals surface area contributed by atoms with Crippen molar-refractivity contribution in [3.63, 3.8) is 0 Å².